The lowest BCUT2D eigenvalue weighted by molar-refractivity contribution is 0.291. The van der Waals surface area contributed by atoms with Gasteiger partial charge in [-0.05, 0) is 36.6 Å². The van der Waals surface area contributed by atoms with Crippen molar-refractivity contribution < 1.29 is 9.47 Å². The fraction of sp³-hybridized carbons (Fsp3) is 0.588. The van der Waals surface area contributed by atoms with Gasteiger partial charge in [-0.3, -0.25) is 0 Å². The number of nitrogens with zero attached hydrogens (tertiary/aromatic N) is 1. The average Bonchev–Trinajstić information content (AvgIpc) is 2.94. The van der Waals surface area contributed by atoms with E-state index in [1.807, 2.05) is 24.3 Å². The van der Waals surface area contributed by atoms with Crippen molar-refractivity contribution >= 4 is 5.90 Å². The molecule has 3 nitrogen and oxygen atoms in total. The zero-order valence-corrected chi connectivity index (χ0v) is 12.8. The Morgan fingerprint density at radius 1 is 1.25 bits per heavy atom. The lowest BCUT2D eigenvalue weighted by atomic mass is 10.1. The molecular weight excluding hydrogens is 250 g/mol. The maximum absolute atomic E-state index is 5.70. The lowest BCUT2D eigenvalue weighted by Crippen LogP contribution is -2.13. The molecule has 1 aliphatic heterocycles. The summed E-state index contributed by atoms with van der Waals surface area (Å²) in [6, 6.07) is 8.33. The van der Waals surface area contributed by atoms with Gasteiger partial charge in [-0.15, -0.1) is 0 Å². The van der Waals surface area contributed by atoms with E-state index < -0.39 is 0 Å². The van der Waals surface area contributed by atoms with Crippen molar-refractivity contribution in [2.45, 2.75) is 46.1 Å². The Hall–Kier alpha value is -1.51. The van der Waals surface area contributed by atoms with Crippen LogP contribution in [0.2, 0.25) is 0 Å². The van der Waals surface area contributed by atoms with E-state index in [9.17, 15) is 0 Å². The molecule has 0 aliphatic carbocycles. The number of rotatable bonds is 7. The van der Waals surface area contributed by atoms with Crippen molar-refractivity contribution in [1.29, 1.82) is 0 Å². The summed E-state index contributed by atoms with van der Waals surface area (Å²) in [6.45, 7) is 8.03. The zero-order valence-electron chi connectivity index (χ0n) is 12.8. The monoisotopic (exact) mass is 275 g/mol. The molecule has 0 spiro atoms. The molecule has 1 aromatic carbocycles. The number of ether oxygens (including phenoxy) is 2. The molecule has 0 saturated carbocycles. The van der Waals surface area contributed by atoms with E-state index in [0.29, 0.717) is 12.5 Å². The second-order valence-electron chi connectivity index (χ2n) is 5.64. The van der Waals surface area contributed by atoms with Crippen molar-refractivity contribution in [3.05, 3.63) is 29.8 Å². The standard InChI is InChI=1S/C17H25NO2/c1-4-5-6-11-19-15-9-7-14(8-10-15)17-18-16(12-20-17)13(2)3/h7-10,13,16H,4-6,11-12H2,1-3H3. The zero-order chi connectivity index (χ0) is 14.4. The molecule has 1 aromatic rings. The van der Waals surface area contributed by atoms with E-state index in [0.717, 1.165) is 30.2 Å². The van der Waals surface area contributed by atoms with E-state index in [-0.39, 0.29) is 6.04 Å². The van der Waals surface area contributed by atoms with Crippen LogP contribution < -0.4 is 4.74 Å². The summed E-state index contributed by atoms with van der Waals surface area (Å²) >= 11 is 0. The molecule has 3 heteroatoms. The molecule has 1 heterocycles. The van der Waals surface area contributed by atoms with Crippen LogP contribution in [0.25, 0.3) is 0 Å². The number of aliphatic imine (C=N–C) groups is 1. The predicted molar refractivity (Wildman–Crippen MR) is 82.6 cm³/mol. The van der Waals surface area contributed by atoms with E-state index in [2.05, 4.69) is 25.8 Å². The maximum atomic E-state index is 5.70. The first kappa shape index (κ1) is 14.9. The van der Waals surface area contributed by atoms with Crippen molar-refractivity contribution in [3.8, 4) is 5.75 Å². The van der Waals surface area contributed by atoms with Crippen LogP contribution in [0.4, 0.5) is 0 Å². The van der Waals surface area contributed by atoms with Crippen LogP contribution in [0.1, 0.15) is 45.6 Å². The Labute approximate surface area is 122 Å². The van der Waals surface area contributed by atoms with Gasteiger partial charge in [-0.2, -0.15) is 0 Å². The minimum atomic E-state index is 0.287. The first-order chi connectivity index (χ1) is 9.70. The van der Waals surface area contributed by atoms with E-state index in [1.165, 1.54) is 12.8 Å². The normalized spacial score (nSPS) is 18.0. The molecule has 0 aromatic heterocycles. The van der Waals surface area contributed by atoms with Crippen molar-refractivity contribution in [2.24, 2.45) is 10.9 Å². The molecule has 20 heavy (non-hydrogen) atoms. The van der Waals surface area contributed by atoms with Gasteiger partial charge in [0.15, 0.2) is 0 Å². The van der Waals surface area contributed by atoms with Gasteiger partial charge in [0.05, 0.1) is 12.6 Å². The molecule has 0 amide bonds. The molecule has 0 saturated heterocycles. The van der Waals surface area contributed by atoms with Gasteiger partial charge in [-0.25, -0.2) is 4.99 Å². The largest absolute Gasteiger partial charge is 0.494 e. The molecule has 2 rings (SSSR count). The smallest absolute Gasteiger partial charge is 0.216 e. The number of hydrogen-bond donors (Lipinski definition) is 0. The molecule has 1 atom stereocenters. The third kappa shape index (κ3) is 3.99. The Bertz CT molecular complexity index is 437. The highest BCUT2D eigenvalue weighted by Gasteiger charge is 2.22. The lowest BCUT2D eigenvalue weighted by Gasteiger charge is -2.07. The summed E-state index contributed by atoms with van der Waals surface area (Å²) < 4.78 is 11.4. The van der Waals surface area contributed by atoms with Crippen molar-refractivity contribution in [1.82, 2.24) is 0 Å². The van der Waals surface area contributed by atoms with Crippen LogP contribution in [0, 0.1) is 5.92 Å². The highest BCUT2D eigenvalue weighted by atomic mass is 16.5. The molecule has 0 bridgehead atoms. The Kier molecular flexibility index (Phi) is 5.45. The van der Waals surface area contributed by atoms with Crippen molar-refractivity contribution in [3.63, 3.8) is 0 Å². The van der Waals surface area contributed by atoms with Crippen LogP contribution >= 0.6 is 0 Å². The SMILES string of the molecule is CCCCCOc1ccc(C2=NC(C(C)C)CO2)cc1. The number of benzene rings is 1. The Morgan fingerprint density at radius 3 is 2.60 bits per heavy atom. The second kappa shape index (κ2) is 7.32. The first-order valence-corrected chi connectivity index (χ1v) is 7.64. The fourth-order valence-electron chi connectivity index (χ4n) is 2.12. The predicted octanol–water partition coefficient (Wildman–Crippen LogP) is 4.06. The molecule has 1 unspecified atom stereocenters. The summed E-state index contributed by atoms with van der Waals surface area (Å²) in [5, 5.41) is 0. The number of hydrogen-bond acceptors (Lipinski definition) is 3. The third-order valence-corrected chi connectivity index (χ3v) is 3.56. The van der Waals surface area contributed by atoms with Crippen LogP contribution in [-0.4, -0.2) is 25.2 Å². The van der Waals surface area contributed by atoms with Gasteiger partial charge < -0.3 is 9.47 Å². The molecule has 0 radical (unpaired) electrons. The third-order valence-electron chi connectivity index (χ3n) is 3.56. The van der Waals surface area contributed by atoms with Crippen molar-refractivity contribution in [2.75, 3.05) is 13.2 Å². The van der Waals surface area contributed by atoms with Gasteiger partial charge in [0.2, 0.25) is 5.90 Å². The summed E-state index contributed by atoms with van der Waals surface area (Å²) in [5.74, 6) is 2.21. The van der Waals surface area contributed by atoms with Crippen LogP contribution in [0.5, 0.6) is 5.75 Å². The molecule has 110 valence electrons. The fourth-order valence-corrected chi connectivity index (χ4v) is 2.12. The minimum absolute atomic E-state index is 0.287. The first-order valence-electron chi connectivity index (χ1n) is 7.64. The van der Waals surface area contributed by atoms with Gasteiger partial charge in [0.25, 0.3) is 0 Å². The summed E-state index contributed by atoms with van der Waals surface area (Å²) in [6.07, 6.45) is 3.56. The molecule has 1 aliphatic rings. The summed E-state index contributed by atoms with van der Waals surface area (Å²) in [4.78, 5) is 4.63. The minimum Gasteiger partial charge on any atom is -0.494 e. The molecule has 0 fully saturated rings. The van der Waals surface area contributed by atoms with Gasteiger partial charge in [0, 0.05) is 5.56 Å². The Balaban J connectivity index is 1.90. The molecule has 0 N–H and O–H groups in total. The topological polar surface area (TPSA) is 30.8 Å². The van der Waals surface area contributed by atoms with Crippen LogP contribution in [-0.2, 0) is 4.74 Å². The van der Waals surface area contributed by atoms with Gasteiger partial charge in [-0.1, -0.05) is 33.6 Å². The van der Waals surface area contributed by atoms with E-state index in [4.69, 9.17) is 9.47 Å². The Morgan fingerprint density at radius 2 is 2.00 bits per heavy atom. The highest BCUT2D eigenvalue weighted by molar-refractivity contribution is 5.95. The average molecular weight is 275 g/mol. The second-order valence-corrected chi connectivity index (χ2v) is 5.64. The summed E-state index contributed by atoms with van der Waals surface area (Å²) in [5.41, 5.74) is 1.04. The van der Waals surface area contributed by atoms with Crippen LogP contribution in [0.3, 0.4) is 0 Å². The van der Waals surface area contributed by atoms with Gasteiger partial charge >= 0.3 is 0 Å². The van der Waals surface area contributed by atoms with E-state index in [1.54, 1.807) is 0 Å². The van der Waals surface area contributed by atoms with Gasteiger partial charge in [0.1, 0.15) is 12.4 Å². The van der Waals surface area contributed by atoms with E-state index >= 15 is 0 Å². The highest BCUT2D eigenvalue weighted by Crippen LogP contribution is 2.19. The maximum Gasteiger partial charge on any atom is 0.216 e. The summed E-state index contributed by atoms with van der Waals surface area (Å²) in [7, 11) is 0. The molecular formula is C17H25NO2. The quantitative estimate of drug-likeness (QED) is 0.703. The number of unbranched alkanes of at least 4 members (excludes halogenated alkanes) is 2. The van der Waals surface area contributed by atoms with Crippen LogP contribution in [0.15, 0.2) is 29.3 Å².